The van der Waals surface area contributed by atoms with E-state index in [0.717, 1.165) is 37.1 Å². The van der Waals surface area contributed by atoms with E-state index in [1.807, 2.05) is 56.3 Å². The Hall–Kier alpha value is -3.90. The Bertz CT molecular complexity index is 2090. The number of hydrogen-bond donors (Lipinski definition) is 0. The van der Waals surface area contributed by atoms with Crippen molar-refractivity contribution in [2.75, 3.05) is 19.8 Å². The summed E-state index contributed by atoms with van der Waals surface area (Å²) < 4.78 is 99.3. The second-order valence-corrected chi connectivity index (χ2v) is 18.5. The van der Waals surface area contributed by atoms with Gasteiger partial charge in [0.15, 0.2) is 54.5 Å². The van der Waals surface area contributed by atoms with Crippen LogP contribution >= 0.6 is 0 Å². The van der Waals surface area contributed by atoms with E-state index in [0.29, 0.717) is 0 Å². The molecule has 6 aliphatic heterocycles. The van der Waals surface area contributed by atoms with Gasteiger partial charge in [0, 0.05) is 27.7 Å². The minimum absolute atomic E-state index is 0.0803. The molecule has 6 aliphatic rings. The summed E-state index contributed by atoms with van der Waals surface area (Å²) in [4.78, 5) is 49.3. The van der Waals surface area contributed by atoms with E-state index in [9.17, 15) is 19.2 Å². The Morgan fingerprint density at radius 2 is 1.00 bits per heavy atom. The van der Waals surface area contributed by atoms with Gasteiger partial charge in [-0.15, -0.1) is 0 Å². The zero-order chi connectivity index (χ0) is 47.3. The van der Waals surface area contributed by atoms with Gasteiger partial charge >= 0.3 is 23.9 Å². The maximum Gasteiger partial charge on any atom is 0.303 e. The van der Waals surface area contributed by atoms with Crippen LogP contribution in [0.5, 0.6) is 0 Å². The van der Waals surface area contributed by atoms with E-state index in [4.69, 9.17) is 75.8 Å². The number of ether oxygens (including phenoxy) is 16. The van der Waals surface area contributed by atoms with Crippen LogP contribution in [-0.2, 0) is 102 Å². The molecule has 0 N–H and O–H groups in total. The number of hydrogen-bond acceptors (Lipinski definition) is 20. The molecule has 0 saturated carbocycles. The van der Waals surface area contributed by atoms with E-state index in [-0.39, 0.29) is 19.8 Å². The van der Waals surface area contributed by atoms with E-state index < -0.39 is 140 Å². The molecule has 0 aliphatic carbocycles. The first-order chi connectivity index (χ1) is 31.1. The van der Waals surface area contributed by atoms with Crippen molar-refractivity contribution in [2.24, 2.45) is 0 Å². The fourth-order valence-electron chi connectivity index (χ4n) is 9.33. The van der Waals surface area contributed by atoms with Gasteiger partial charge in [-0.25, -0.2) is 0 Å². The van der Waals surface area contributed by atoms with Gasteiger partial charge in [-0.3, -0.25) is 19.2 Å². The molecule has 364 valence electrons. The lowest BCUT2D eigenvalue weighted by Crippen LogP contribution is -2.64. The molecule has 0 aromatic heterocycles. The Morgan fingerprint density at radius 1 is 0.485 bits per heavy atom. The minimum atomic E-state index is -1.49. The Morgan fingerprint density at radius 3 is 1.65 bits per heavy atom. The van der Waals surface area contributed by atoms with Gasteiger partial charge in [0.1, 0.15) is 61.5 Å². The molecule has 0 unspecified atom stereocenters. The number of carbonyl (C=O) groups excluding carboxylic acids is 4. The highest BCUT2D eigenvalue weighted by atomic mass is 16.9. The number of fused-ring (bicyclic) bond motifs is 5. The predicted octanol–water partition coefficient (Wildman–Crippen LogP) is 3.48. The molecule has 15 atom stereocenters. The van der Waals surface area contributed by atoms with E-state index in [1.165, 1.54) is 6.92 Å². The zero-order valence-electron chi connectivity index (χ0n) is 38.7. The fourth-order valence-corrected chi connectivity index (χ4v) is 9.33. The molecular weight excluding hydrogens is 872 g/mol. The first-order valence-electron chi connectivity index (χ1n) is 22.1. The lowest BCUT2D eigenvalue weighted by atomic mass is 9.97. The fraction of sp³-hybridized carbons (Fsp3) is 0.696. The van der Waals surface area contributed by atoms with Gasteiger partial charge in [0.2, 0.25) is 0 Å². The maximum atomic E-state index is 12.6. The second-order valence-electron chi connectivity index (χ2n) is 18.5. The number of benzene rings is 2. The van der Waals surface area contributed by atoms with E-state index >= 15 is 0 Å². The second kappa shape index (κ2) is 19.2. The van der Waals surface area contributed by atoms with Crippen LogP contribution in [0.4, 0.5) is 0 Å². The minimum Gasteiger partial charge on any atom is -0.463 e. The van der Waals surface area contributed by atoms with Crippen LogP contribution < -0.4 is 0 Å². The molecule has 6 heterocycles. The summed E-state index contributed by atoms with van der Waals surface area (Å²) in [6, 6.07) is 14.0. The molecule has 0 amide bonds. The number of esters is 4. The topological polar surface area (TPSA) is 216 Å². The lowest BCUT2D eigenvalue weighted by Gasteiger charge is -2.45. The summed E-state index contributed by atoms with van der Waals surface area (Å²) in [6.07, 6.45) is -14.9. The molecule has 20 nitrogen and oxygen atoms in total. The zero-order valence-corrected chi connectivity index (χ0v) is 38.7. The molecule has 2 aromatic rings. The van der Waals surface area contributed by atoms with Crippen molar-refractivity contribution in [1.82, 2.24) is 0 Å². The smallest absolute Gasteiger partial charge is 0.303 e. The van der Waals surface area contributed by atoms with Crippen LogP contribution in [0.2, 0.25) is 0 Å². The van der Waals surface area contributed by atoms with Crippen molar-refractivity contribution in [3.8, 4) is 0 Å². The summed E-state index contributed by atoms with van der Waals surface area (Å²) in [5.41, 5.74) is 0.889. The van der Waals surface area contributed by atoms with Gasteiger partial charge in [0.25, 0.3) is 0 Å². The van der Waals surface area contributed by atoms with Crippen LogP contribution in [-0.4, -0.2) is 153 Å². The van der Waals surface area contributed by atoms with Crippen molar-refractivity contribution in [3.05, 3.63) is 48.0 Å². The summed E-state index contributed by atoms with van der Waals surface area (Å²) in [6.45, 7) is 14.7. The maximum absolute atomic E-state index is 12.6. The van der Waals surface area contributed by atoms with Gasteiger partial charge in [-0.2, -0.15) is 0 Å². The predicted molar refractivity (Wildman–Crippen MR) is 221 cm³/mol. The molecule has 0 spiro atoms. The highest BCUT2D eigenvalue weighted by Gasteiger charge is 2.62. The van der Waals surface area contributed by atoms with Gasteiger partial charge in [-0.1, -0.05) is 36.4 Å². The Labute approximate surface area is 382 Å². The summed E-state index contributed by atoms with van der Waals surface area (Å²) >= 11 is 0. The molecular formula is C46H60O20. The van der Waals surface area contributed by atoms with Crippen molar-refractivity contribution in [3.63, 3.8) is 0 Å². The highest BCUT2D eigenvalue weighted by Crippen LogP contribution is 2.45. The third kappa shape index (κ3) is 11.0. The van der Waals surface area contributed by atoms with Crippen molar-refractivity contribution in [2.45, 2.75) is 185 Å². The van der Waals surface area contributed by atoms with Crippen LogP contribution in [0.3, 0.4) is 0 Å². The molecule has 20 heteroatoms. The van der Waals surface area contributed by atoms with Crippen LogP contribution in [0.1, 0.15) is 74.8 Å². The van der Waals surface area contributed by atoms with Crippen molar-refractivity contribution < 1.29 is 95.0 Å². The first kappa shape index (κ1) is 48.6. The van der Waals surface area contributed by atoms with Gasteiger partial charge < -0.3 is 75.8 Å². The Balaban J connectivity index is 1.08. The number of carbonyl (C=O) groups is 4. The monoisotopic (exact) mass is 932 g/mol. The van der Waals surface area contributed by atoms with Gasteiger partial charge in [0.05, 0.1) is 19.8 Å². The third-order valence-electron chi connectivity index (χ3n) is 11.7. The first-order valence-corrected chi connectivity index (χ1v) is 22.1. The molecule has 0 radical (unpaired) electrons. The normalized spacial score (nSPS) is 37.3. The SMILES string of the molecule is CC(=O)OC[C@H]1O[C@@H](OC[C@H]2O[C@@H](OC[C@H]3O[C@@H]4OC(C)(C)O[C@@H]4[C@H]4OC(C)(C)O[C@H]43)[C@H](OCc3ccc4ccccc4c3)[C@H]3OC(C)(C)O[C@H]32)[C@H](OC(C)=O)[C@@H](OC(C)=O)[C@H]1OC(C)=O. The van der Waals surface area contributed by atoms with Crippen LogP contribution in [0.15, 0.2) is 42.5 Å². The summed E-state index contributed by atoms with van der Waals surface area (Å²) in [5.74, 6) is -6.02. The average Bonchev–Trinajstić information content (AvgIpc) is 3.85. The average molecular weight is 933 g/mol. The van der Waals surface area contributed by atoms with E-state index in [2.05, 4.69) is 0 Å². The Kier molecular flexibility index (Phi) is 14.2. The van der Waals surface area contributed by atoms with E-state index in [1.54, 1.807) is 27.7 Å². The molecule has 8 rings (SSSR count). The molecule has 2 aromatic carbocycles. The molecule has 66 heavy (non-hydrogen) atoms. The molecule has 6 saturated heterocycles. The van der Waals surface area contributed by atoms with Crippen LogP contribution in [0.25, 0.3) is 10.8 Å². The lowest BCUT2D eigenvalue weighted by molar-refractivity contribution is -0.333. The molecule has 6 fully saturated rings. The van der Waals surface area contributed by atoms with Gasteiger partial charge in [-0.05, 0) is 63.9 Å². The van der Waals surface area contributed by atoms with Crippen molar-refractivity contribution >= 4 is 34.6 Å². The van der Waals surface area contributed by atoms with Crippen molar-refractivity contribution in [1.29, 1.82) is 0 Å². The molecule has 0 bridgehead atoms. The highest BCUT2D eigenvalue weighted by molar-refractivity contribution is 5.83. The number of rotatable bonds is 14. The quantitative estimate of drug-likeness (QED) is 0.196. The largest absolute Gasteiger partial charge is 0.463 e. The van der Waals surface area contributed by atoms with Crippen LogP contribution in [0, 0.1) is 0 Å². The third-order valence-corrected chi connectivity index (χ3v) is 11.7. The summed E-state index contributed by atoms with van der Waals surface area (Å²) in [5, 5.41) is 2.11. The summed E-state index contributed by atoms with van der Waals surface area (Å²) in [7, 11) is 0. The standard InChI is InChI=1S/C46H60O20/c1-22(47)51-19-29-32(55-23(2)48)35(56-24(3)49)39(57-25(4)50)42(58-29)54-20-30-33-36(63-44(5,6)61-33)38(52-18-26-15-16-27-13-11-12-14-28(27)17-26)41(59-30)53-21-31-34-37(64-45(7,8)62-34)40-43(60-31)66-46(9,10)65-40/h11-17,29-43H,18-21H2,1-10H3/t29-,30-,31-,32+,33+,34+,35+,36+,37+,38-,39-,40-,41-,42-,43-/m1/s1.